The molecule has 2 aromatic rings. The number of nitrogens with two attached hydrogens (primary N) is 1. The topological polar surface area (TPSA) is 58.6 Å². The van der Waals surface area contributed by atoms with Crippen LogP contribution < -0.4 is 5.73 Å². The van der Waals surface area contributed by atoms with E-state index in [9.17, 15) is 0 Å². The average molecular weight is 323 g/mol. The first-order chi connectivity index (χ1) is 8.69. The van der Waals surface area contributed by atoms with Crippen LogP contribution in [0.25, 0.3) is 0 Å². The summed E-state index contributed by atoms with van der Waals surface area (Å²) in [6, 6.07) is 15.6. The molecule has 3 nitrogen and oxygen atoms in total. The molecule has 92 valence electrons. The summed E-state index contributed by atoms with van der Waals surface area (Å²) in [6.07, 6.45) is 0. The Morgan fingerprint density at radius 2 is 1.83 bits per heavy atom. The highest BCUT2D eigenvalue weighted by Crippen LogP contribution is 2.29. The van der Waals surface area contributed by atoms with Crippen molar-refractivity contribution in [3.05, 3.63) is 58.6 Å². The summed E-state index contributed by atoms with van der Waals surface area (Å²) in [4.78, 5) is 2.25. The molecule has 3 N–H and O–H groups in total. The van der Waals surface area contributed by atoms with Crippen molar-refractivity contribution in [3.63, 3.8) is 0 Å². The fourth-order valence-corrected chi connectivity index (χ4v) is 2.85. The maximum atomic E-state index is 8.58. The van der Waals surface area contributed by atoms with Gasteiger partial charge in [0, 0.05) is 19.8 Å². The standard InChI is InChI=1S/C13H11BrN2OS/c14-10-2-1-3-12(8-10)18-11-6-4-9(5-7-11)13(15)16-17/h1-8,17H,(H2,15,16). The SMILES string of the molecule is N/C(=N/O)c1ccc(Sc2cccc(Br)c2)cc1. The van der Waals surface area contributed by atoms with Crippen molar-refractivity contribution < 1.29 is 5.21 Å². The Bertz CT molecular complexity index is 569. The molecule has 0 unspecified atom stereocenters. The number of hydrogen-bond acceptors (Lipinski definition) is 3. The second kappa shape index (κ2) is 5.93. The van der Waals surface area contributed by atoms with Gasteiger partial charge in [0.05, 0.1) is 0 Å². The van der Waals surface area contributed by atoms with E-state index in [0.29, 0.717) is 5.56 Å². The third kappa shape index (κ3) is 3.27. The van der Waals surface area contributed by atoms with Gasteiger partial charge in [0.2, 0.25) is 0 Å². The summed E-state index contributed by atoms with van der Waals surface area (Å²) >= 11 is 5.10. The third-order valence-electron chi connectivity index (χ3n) is 2.29. The molecule has 18 heavy (non-hydrogen) atoms. The molecule has 0 atom stereocenters. The van der Waals surface area contributed by atoms with Crippen LogP contribution in [0.5, 0.6) is 0 Å². The maximum absolute atomic E-state index is 8.58. The Balaban J connectivity index is 2.16. The Labute approximate surface area is 118 Å². The van der Waals surface area contributed by atoms with Gasteiger partial charge in [-0.25, -0.2) is 0 Å². The molecule has 0 aliphatic carbocycles. The van der Waals surface area contributed by atoms with Crippen molar-refractivity contribution in [2.75, 3.05) is 0 Å². The smallest absolute Gasteiger partial charge is 0.170 e. The van der Waals surface area contributed by atoms with Gasteiger partial charge < -0.3 is 10.9 Å². The van der Waals surface area contributed by atoms with Gasteiger partial charge in [-0.1, -0.05) is 51.0 Å². The number of oxime groups is 1. The Morgan fingerprint density at radius 1 is 1.11 bits per heavy atom. The number of amidine groups is 1. The summed E-state index contributed by atoms with van der Waals surface area (Å²) in [5.41, 5.74) is 6.21. The van der Waals surface area contributed by atoms with Crippen LogP contribution in [0.1, 0.15) is 5.56 Å². The summed E-state index contributed by atoms with van der Waals surface area (Å²) < 4.78 is 1.06. The quantitative estimate of drug-likeness (QED) is 0.392. The summed E-state index contributed by atoms with van der Waals surface area (Å²) in [6.45, 7) is 0. The molecule has 0 heterocycles. The van der Waals surface area contributed by atoms with Crippen LogP contribution in [0.3, 0.4) is 0 Å². The minimum Gasteiger partial charge on any atom is -0.409 e. The number of rotatable bonds is 3. The number of benzene rings is 2. The van der Waals surface area contributed by atoms with E-state index >= 15 is 0 Å². The molecule has 0 bridgehead atoms. The molecule has 0 spiro atoms. The Hall–Kier alpha value is -1.46. The van der Waals surface area contributed by atoms with Crippen LogP contribution in [0.15, 0.2) is 68.0 Å². The molecule has 0 radical (unpaired) electrons. The van der Waals surface area contributed by atoms with Crippen LogP contribution in [0.4, 0.5) is 0 Å². The monoisotopic (exact) mass is 322 g/mol. The molecule has 0 fully saturated rings. The fourth-order valence-electron chi connectivity index (χ4n) is 1.42. The van der Waals surface area contributed by atoms with Crippen LogP contribution in [0.2, 0.25) is 0 Å². The fraction of sp³-hybridized carbons (Fsp3) is 0. The maximum Gasteiger partial charge on any atom is 0.170 e. The van der Waals surface area contributed by atoms with Crippen molar-refractivity contribution >= 4 is 33.5 Å². The first kappa shape index (κ1) is 13.0. The molecule has 0 aromatic heterocycles. The van der Waals surface area contributed by atoms with Crippen molar-refractivity contribution in [1.82, 2.24) is 0 Å². The molecule has 0 amide bonds. The van der Waals surface area contributed by atoms with Crippen LogP contribution in [-0.2, 0) is 0 Å². The summed E-state index contributed by atoms with van der Waals surface area (Å²) in [5, 5.41) is 11.5. The zero-order valence-corrected chi connectivity index (χ0v) is 11.8. The van der Waals surface area contributed by atoms with Gasteiger partial charge in [-0.3, -0.25) is 0 Å². The van der Waals surface area contributed by atoms with Crippen molar-refractivity contribution in [3.8, 4) is 0 Å². The van der Waals surface area contributed by atoms with Gasteiger partial charge in [0.25, 0.3) is 0 Å². The van der Waals surface area contributed by atoms with E-state index in [1.54, 1.807) is 11.8 Å². The lowest BCUT2D eigenvalue weighted by Gasteiger charge is -2.03. The first-order valence-electron chi connectivity index (χ1n) is 5.20. The number of halogens is 1. The highest BCUT2D eigenvalue weighted by molar-refractivity contribution is 9.10. The van der Waals surface area contributed by atoms with Gasteiger partial charge in [0.15, 0.2) is 5.84 Å². The van der Waals surface area contributed by atoms with Crippen molar-refractivity contribution in [2.24, 2.45) is 10.9 Å². The molecule has 0 aliphatic heterocycles. The molecule has 2 rings (SSSR count). The van der Waals surface area contributed by atoms with E-state index in [1.807, 2.05) is 42.5 Å². The lowest BCUT2D eigenvalue weighted by molar-refractivity contribution is 0.318. The third-order valence-corrected chi connectivity index (χ3v) is 3.78. The normalized spacial score (nSPS) is 11.5. The van der Waals surface area contributed by atoms with E-state index in [-0.39, 0.29) is 5.84 Å². The van der Waals surface area contributed by atoms with Gasteiger partial charge in [-0.05, 0) is 30.3 Å². The second-order valence-corrected chi connectivity index (χ2v) is 5.63. The zero-order valence-electron chi connectivity index (χ0n) is 9.38. The van der Waals surface area contributed by atoms with Gasteiger partial charge in [-0.15, -0.1) is 0 Å². The van der Waals surface area contributed by atoms with Gasteiger partial charge in [0.1, 0.15) is 0 Å². The zero-order chi connectivity index (χ0) is 13.0. The molecule has 0 aliphatic rings. The molecular weight excluding hydrogens is 312 g/mol. The van der Waals surface area contributed by atoms with Crippen molar-refractivity contribution in [2.45, 2.75) is 9.79 Å². The number of nitrogens with zero attached hydrogens (tertiary/aromatic N) is 1. The van der Waals surface area contributed by atoms with E-state index in [2.05, 4.69) is 27.2 Å². The van der Waals surface area contributed by atoms with E-state index in [0.717, 1.165) is 14.3 Å². The van der Waals surface area contributed by atoms with Crippen LogP contribution in [0, 0.1) is 0 Å². The van der Waals surface area contributed by atoms with Gasteiger partial charge in [-0.2, -0.15) is 0 Å². The number of hydrogen-bond donors (Lipinski definition) is 2. The molecule has 0 saturated heterocycles. The Morgan fingerprint density at radius 3 is 2.44 bits per heavy atom. The summed E-state index contributed by atoms with van der Waals surface area (Å²) in [7, 11) is 0. The molecule has 2 aromatic carbocycles. The van der Waals surface area contributed by atoms with E-state index < -0.39 is 0 Å². The molecule has 5 heteroatoms. The predicted molar refractivity (Wildman–Crippen MR) is 77.2 cm³/mol. The van der Waals surface area contributed by atoms with E-state index in [4.69, 9.17) is 10.9 Å². The summed E-state index contributed by atoms with van der Waals surface area (Å²) in [5.74, 6) is 0.119. The average Bonchev–Trinajstić information content (AvgIpc) is 2.39. The minimum absolute atomic E-state index is 0.119. The molecular formula is C13H11BrN2OS. The Kier molecular flexibility index (Phi) is 4.28. The minimum atomic E-state index is 0.119. The predicted octanol–water partition coefficient (Wildman–Crippen LogP) is 3.69. The van der Waals surface area contributed by atoms with Crippen molar-refractivity contribution in [1.29, 1.82) is 0 Å². The second-order valence-electron chi connectivity index (χ2n) is 3.57. The first-order valence-corrected chi connectivity index (χ1v) is 6.81. The lowest BCUT2D eigenvalue weighted by Crippen LogP contribution is -2.12. The van der Waals surface area contributed by atoms with Crippen LogP contribution >= 0.6 is 27.7 Å². The highest BCUT2D eigenvalue weighted by atomic mass is 79.9. The van der Waals surface area contributed by atoms with Gasteiger partial charge >= 0.3 is 0 Å². The van der Waals surface area contributed by atoms with E-state index in [1.165, 1.54) is 0 Å². The lowest BCUT2D eigenvalue weighted by atomic mass is 10.2. The van der Waals surface area contributed by atoms with Crippen LogP contribution in [-0.4, -0.2) is 11.0 Å². The largest absolute Gasteiger partial charge is 0.409 e. The molecule has 0 saturated carbocycles. The highest BCUT2D eigenvalue weighted by Gasteiger charge is 2.01.